The Labute approximate surface area is 107 Å². The van der Waals surface area contributed by atoms with Gasteiger partial charge in [-0.3, -0.25) is 5.32 Å². The van der Waals surface area contributed by atoms with E-state index in [2.05, 4.69) is 21.2 Å². The van der Waals surface area contributed by atoms with Crippen molar-refractivity contribution in [2.75, 3.05) is 5.32 Å². The number of anilines is 1. The maximum absolute atomic E-state index is 10.7. The molecule has 3 nitrogen and oxygen atoms in total. The lowest BCUT2D eigenvalue weighted by Gasteiger charge is -2.11. The van der Waals surface area contributed by atoms with Gasteiger partial charge in [0, 0.05) is 10.0 Å². The molecule has 0 aliphatic heterocycles. The zero-order valence-corrected chi connectivity index (χ0v) is 10.4. The Balaban J connectivity index is 2.55. The second-order valence-electron chi connectivity index (χ2n) is 3.46. The first-order valence-corrected chi connectivity index (χ1v) is 5.81. The molecular formula is C13H10BrNO2. The Morgan fingerprint density at radius 2 is 1.76 bits per heavy atom. The molecule has 0 unspecified atom stereocenters. The van der Waals surface area contributed by atoms with Crippen molar-refractivity contribution in [1.82, 2.24) is 0 Å². The first-order valence-electron chi connectivity index (χ1n) is 5.02. The molecule has 4 heteroatoms. The highest BCUT2D eigenvalue weighted by atomic mass is 79.9. The lowest BCUT2D eigenvalue weighted by Crippen LogP contribution is -2.08. The van der Waals surface area contributed by atoms with Crippen LogP contribution in [0.3, 0.4) is 0 Å². The van der Waals surface area contributed by atoms with Crippen LogP contribution < -0.4 is 5.32 Å². The second kappa shape index (κ2) is 5.01. The van der Waals surface area contributed by atoms with Gasteiger partial charge in [-0.2, -0.15) is 0 Å². The van der Waals surface area contributed by atoms with E-state index in [0.717, 1.165) is 15.6 Å². The summed E-state index contributed by atoms with van der Waals surface area (Å²) in [5, 5.41) is 11.2. The van der Waals surface area contributed by atoms with Crippen molar-refractivity contribution < 1.29 is 9.90 Å². The van der Waals surface area contributed by atoms with Crippen molar-refractivity contribution in [2.24, 2.45) is 0 Å². The number of nitrogens with one attached hydrogen (secondary N) is 1. The second-order valence-corrected chi connectivity index (χ2v) is 4.31. The zero-order valence-electron chi connectivity index (χ0n) is 8.85. The van der Waals surface area contributed by atoms with Crippen LogP contribution in [0.4, 0.5) is 10.5 Å². The highest BCUT2D eigenvalue weighted by Crippen LogP contribution is 2.34. The number of amides is 1. The number of carbonyl (C=O) groups is 1. The number of rotatable bonds is 2. The number of benzene rings is 2. The molecule has 0 bridgehead atoms. The van der Waals surface area contributed by atoms with Crippen LogP contribution in [0.2, 0.25) is 0 Å². The van der Waals surface area contributed by atoms with Crippen LogP contribution in [0.1, 0.15) is 0 Å². The van der Waals surface area contributed by atoms with Crippen molar-refractivity contribution >= 4 is 27.7 Å². The summed E-state index contributed by atoms with van der Waals surface area (Å²) >= 11 is 3.44. The van der Waals surface area contributed by atoms with E-state index in [1.54, 1.807) is 12.1 Å². The number of halogens is 1. The molecule has 0 spiro atoms. The summed E-state index contributed by atoms with van der Waals surface area (Å²) in [6.45, 7) is 0. The molecule has 1 amide bonds. The molecule has 0 fully saturated rings. The van der Waals surface area contributed by atoms with E-state index in [-0.39, 0.29) is 0 Å². The highest BCUT2D eigenvalue weighted by Gasteiger charge is 2.10. The molecule has 0 saturated heterocycles. The Bertz CT molecular complexity index is 540. The largest absolute Gasteiger partial charge is 0.465 e. The molecule has 0 atom stereocenters. The van der Waals surface area contributed by atoms with Crippen molar-refractivity contribution in [2.45, 2.75) is 0 Å². The monoisotopic (exact) mass is 291 g/mol. The van der Waals surface area contributed by atoms with E-state index >= 15 is 0 Å². The summed E-state index contributed by atoms with van der Waals surface area (Å²) < 4.78 is 0.856. The highest BCUT2D eigenvalue weighted by molar-refractivity contribution is 9.10. The molecular weight excluding hydrogens is 282 g/mol. The van der Waals surface area contributed by atoms with Crippen molar-refractivity contribution in [3.05, 3.63) is 53.0 Å². The van der Waals surface area contributed by atoms with Crippen molar-refractivity contribution in [3.8, 4) is 11.1 Å². The van der Waals surface area contributed by atoms with Crippen LogP contribution in [-0.2, 0) is 0 Å². The SMILES string of the molecule is O=C(O)Nc1cccc(Br)c1-c1ccccc1. The van der Waals surface area contributed by atoms with Gasteiger partial charge in [-0.15, -0.1) is 0 Å². The minimum atomic E-state index is -1.07. The van der Waals surface area contributed by atoms with Gasteiger partial charge in [0.1, 0.15) is 0 Å². The van der Waals surface area contributed by atoms with Crippen LogP contribution >= 0.6 is 15.9 Å². The van der Waals surface area contributed by atoms with Gasteiger partial charge >= 0.3 is 6.09 Å². The van der Waals surface area contributed by atoms with E-state index in [9.17, 15) is 4.79 Å². The number of hydrogen-bond acceptors (Lipinski definition) is 1. The summed E-state index contributed by atoms with van der Waals surface area (Å²) in [5.74, 6) is 0. The normalized spacial score (nSPS) is 9.94. The predicted octanol–water partition coefficient (Wildman–Crippen LogP) is 4.21. The molecule has 0 heterocycles. The molecule has 2 N–H and O–H groups in total. The summed E-state index contributed by atoms with van der Waals surface area (Å²) in [4.78, 5) is 10.7. The molecule has 2 aromatic carbocycles. The molecule has 86 valence electrons. The third-order valence-corrected chi connectivity index (χ3v) is 2.98. The molecule has 0 aliphatic rings. The lowest BCUT2D eigenvalue weighted by molar-refractivity contribution is 0.210. The Morgan fingerprint density at radius 3 is 2.41 bits per heavy atom. The third-order valence-electron chi connectivity index (χ3n) is 2.32. The minimum Gasteiger partial charge on any atom is -0.465 e. The van der Waals surface area contributed by atoms with Crippen LogP contribution in [0.15, 0.2) is 53.0 Å². The van der Waals surface area contributed by atoms with Gasteiger partial charge in [-0.05, 0) is 17.7 Å². The Morgan fingerprint density at radius 1 is 1.06 bits per heavy atom. The molecule has 2 rings (SSSR count). The fourth-order valence-corrected chi connectivity index (χ4v) is 2.24. The smallest absolute Gasteiger partial charge is 0.409 e. The minimum absolute atomic E-state index is 0.568. The molecule has 0 saturated carbocycles. The van der Waals surface area contributed by atoms with E-state index < -0.39 is 6.09 Å². The topological polar surface area (TPSA) is 49.3 Å². The van der Waals surface area contributed by atoms with Gasteiger partial charge < -0.3 is 5.11 Å². The predicted molar refractivity (Wildman–Crippen MR) is 71.2 cm³/mol. The first kappa shape index (κ1) is 11.7. The maximum Gasteiger partial charge on any atom is 0.409 e. The fraction of sp³-hybridized carbons (Fsp3) is 0. The van der Waals surface area contributed by atoms with E-state index in [1.807, 2.05) is 36.4 Å². The average molecular weight is 292 g/mol. The number of hydrogen-bond donors (Lipinski definition) is 2. The van der Waals surface area contributed by atoms with Crippen LogP contribution in [0.25, 0.3) is 11.1 Å². The zero-order chi connectivity index (χ0) is 12.3. The fourth-order valence-electron chi connectivity index (χ4n) is 1.64. The Hall–Kier alpha value is -1.81. The third kappa shape index (κ3) is 2.65. The van der Waals surface area contributed by atoms with E-state index in [4.69, 9.17) is 5.11 Å². The summed E-state index contributed by atoms with van der Waals surface area (Å²) in [7, 11) is 0. The maximum atomic E-state index is 10.7. The van der Waals surface area contributed by atoms with E-state index in [0.29, 0.717) is 5.69 Å². The van der Waals surface area contributed by atoms with Gasteiger partial charge in [0.2, 0.25) is 0 Å². The van der Waals surface area contributed by atoms with Crippen molar-refractivity contribution in [3.63, 3.8) is 0 Å². The molecule has 17 heavy (non-hydrogen) atoms. The van der Waals surface area contributed by atoms with Gasteiger partial charge in [0.15, 0.2) is 0 Å². The van der Waals surface area contributed by atoms with E-state index in [1.165, 1.54) is 0 Å². The first-order chi connectivity index (χ1) is 8.18. The summed E-state index contributed by atoms with van der Waals surface area (Å²) in [6, 6.07) is 15.0. The summed E-state index contributed by atoms with van der Waals surface area (Å²) in [6.07, 6.45) is -1.07. The molecule has 0 radical (unpaired) electrons. The van der Waals surface area contributed by atoms with Crippen LogP contribution in [0, 0.1) is 0 Å². The van der Waals surface area contributed by atoms with Gasteiger partial charge in [0.05, 0.1) is 5.69 Å². The quantitative estimate of drug-likeness (QED) is 0.871. The molecule has 0 aromatic heterocycles. The van der Waals surface area contributed by atoms with Crippen molar-refractivity contribution in [1.29, 1.82) is 0 Å². The molecule has 2 aromatic rings. The van der Waals surface area contributed by atoms with Crippen LogP contribution in [0.5, 0.6) is 0 Å². The molecule has 0 aliphatic carbocycles. The lowest BCUT2D eigenvalue weighted by atomic mass is 10.0. The van der Waals surface area contributed by atoms with Gasteiger partial charge in [-0.25, -0.2) is 4.79 Å². The standard InChI is InChI=1S/C13H10BrNO2/c14-10-7-4-8-11(15-13(16)17)12(10)9-5-2-1-3-6-9/h1-8,15H,(H,16,17). The number of carboxylic acid groups (broad SMARTS) is 1. The van der Waals surface area contributed by atoms with Crippen LogP contribution in [-0.4, -0.2) is 11.2 Å². The van der Waals surface area contributed by atoms with Gasteiger partial charge in [0.25, 0.3) is 0 Å². The van der Waals surface area contributed by atoms with Gasteiger partial charge in [-0.1, -0.05) is 52.3 Å². The Kier molecular flexibility index (Phi) is 3.44. The average Bonchev–Trinajstić information content (AvgIpc) is 2.29. The summed E-state index contributed by atoms with van der Waals surface area (Å²) in [5.41, 5.74) is 2.37.